The number of aromatic hydroxyl groups is 2. The Morgan fingerprint density at radius 3 is 1.65 bits per heavy atom. The maximum atomic E-state index is 13.7. The Morgan fingerprint density at radius 1 is 0.725 bits per heavy atom. The number of halogens is 6. The number of alkyl halides is 4. The van der Waals surface area contributed by atoms with Gasteiger partial charge in [-0.2, -0.15) is 13.2 Å². The summed E-state index contributed by atoms with van der Waals surface area (Å²) in [6.07, 6.45) is -2.61. The van der Waals surface area contributed by atoms with Gasteiger partial charge in [-0.25, -0.2) is 13.8 Å². The second-order valence-corrected chi connectivity index (χ2v) is 9.50. The number of phenols is 2. The van der Waals surface area contributed by atoms with Crippen LogP contribution in [0.2, 0.25) is 10.0 Å². The first-order chi connectivity index (χ1) is 18.9. The summed E-state index contributed by atoms with van der Waals surface area (Å²) < 4.78 is 57.0. The molecule has 0 spiro atoms. The van der Waals surface area contributed by atoms with Crippen LogP contribution < -0.4 is 0 Å². The van der Waals surface area contributed by atoms with E-state index in [1.54, 1.807) is 0 Å². The van der Waals surface area contributed by atoms with Crippen molar-refractivity contribution in [2.24, 2.45) is 0 Å². The largest absolute Gasteiger partial charge is 0.506 e. The summed E-state index contributed by atoms with van der Waals surface area (Å²) in [7, 11) is 0. The monoisotopic (exact) mass is 594 g/mol. The highest BCUT2D eigenvalue weighted by Crippen LogP contribution is 2.40. The molecule has 206 valence electrons. The molecule has 0 bridgehead atoms. The summed E-state index contributed by atoms with van der Waals surface area (Å²) in [6.45, 7) is -1.26. The molecule has 0 saturated heterocycles. The van der Waals surface area contributed by atoms with Crippen molar-refractivity contribution >= 4 is 23.2 Å². The molecule has 3 aromatic carbocycles. The Morgan fingerprint density at radius 2 is 1.20 bits per heavy atom. The first-order valence-corrected chi connectivity index (χ1v) is 12.0. The zero-order valence-electron chi connectivity index (χ0n) is 19.9. The van der Waals surface area contributed by atoms with Crippen LogP contribution >= 0.6 is 23.2 Å². The van der Waals surface area contributed by atoms with Crippen molar-refractivity contribution in [1.29, 1.82) is 0 Å². The molecular formula is C25H16Cl2F4N6O3. The molecule has 0 aliphatic rings. The molecule has 2 heterocycles. The van der Waals surface area contributed by atoms with Crippen LogP contribution in [0.3, 0.4) is 0 Å². The zero-order valence-corrected chi connectivity index (χ0v) is 21.4. The van der Waals surface area contributed by atoms with Crippen LogP contribution in [-0.2, 0) is 18.5 Å². The van der Waals surface area contributed by atoms with Crippen molar-refractivity contribution in [2.75, 3.05) is 0 Å². The summed E-state index contributed by atoms with van der Waals surface area (Å²) in [6, 6.07) is 10.4. The lowest BCUT2D eigenvalue weighted by Crippen LogP contribution is -2.31. The SMILES string of the molecule is Oc1ccc(Cl)cc1-n1cc(C(O)(c2cc(CF)cc(C(F)(F)F)c2)c2cn(-c3cc(Cl)ccc3O)nn2)nn1. The Kier molecular flexibility index (Phi) is 6.90. The van der Waals surface area contributed by atoms with Gasteiger partial charge < -0.3 is 15.3 Å². The topological polar surface area (TPSA) is 122 Å². The van der Waals surface area contributed by atoms with Crippen molar-refractivity contribution in [1.82, 2.24) is 30.0 Å². The number of benzene rings is 3. The van der Waals surface area contributed by atoms with Gasteiger partial charge in [-0.3, -0.25) is 0 Å². The fourth-order valence-corrected chi connectivity index (χ4v) is 4.36. The molecule has 0 atom stereocenters. The average Bonchev–Trinajstić information content (AvgIpc) is 3.61. The average molecular weight is 595 g/mol. The van der Waals surface area contributed by atoms with Crippen LogP contribution in [0, 0.1) is 0 Å². The molecule has 0 aliphatic heterocycles. The molecule has 3 N–H and O–H groups in total. The predicted octanol–water partition coefficient (Wildman–Crippen LogP) is 5.34. The van der Waals surface area contributed by atoms with Gasteiger partial charge in [0.15, 0.2) is 5.60 Å². The van der Waals surface area contributed by atoms with E-state index in [0.29, 0.717) is 12.1 Å². The van der Waals surface area contributed by atoms with E-state index in [1.807, 2.05) is 0 Å². The fourth-order valence-electron chi connectivity index (χ4n) is 4.02. The predicted molar refractivity (Wildman–Crippen MR) is 134 cm³/mol. The number of aliphatic hydroxyl groups is 1. The molecule has 40 heavy (non-hydrogen) atoms. The highest BCUT2D eigenvalue weighted by Gasteiger charge is 2.42. The number of aromatic nitrogens is 6. The molecule has 0 radical (unpaired) electrons. The Labute approximate surface area is 232 Å². The first-order valence-electron chi connectivity index (χ1n) is 11.2. The number of hydrogen-bond donors (Lipinski definition) is 3. The normalized spacial score (nSPS) is 12.2. The van der Waals surface area contributed by atoms with E-state index < -0.39 is 29.6 Å². The number of phenolic OH excluding ortho intramolecular Hbond substituents is 2. The molecule has 2 aromatic heterocycles. The molecule has 0 saturated carbocycles. The molecule has 0 unspecified atom stereocenters. The lowest BCUT2D eigenvalue weighted by atomic mass is 9.85. The summed E-state index contributed by atoms with van der Waals surface area (Å²) in [4.78, 5) is 0. The van der Waals surface area contributed by atoms with Gasteiger partial charge in [-0.05, 0) is 65.7 Å². The molecule has 9 nitrogen and oxygen atoms in total. The van der Waals surface area contributed by atoms with Gasteiger partial charge in [0.05, 0.1) is 18.0 Å². The van der Waals surface area contributed by atoms with E-state index in [0.717, 1.165) is 27.8 Å². The number of nitrogens with zero attached hydrogens (tertiary/aromatic N) is 6. The molecule has 5 aromatic rings. The maximum absolute atomic E-state index is 13.7. The van der Waals surface area contributed by atoms with Gasteiger partial charge in [-0.1, -0.05) is 33.6 Å². The van der Waals surface area contributed by atoms with E-state index in [2.05, 4.69) is 20.6 Å². The van der Waals surface area contributed by atoms with Crippen LogP contribution in [0.25, 0.3) is 11.4 Å². The lowest BCUT2D eigenvalue weighted by molar-refractivity contribution is -0.137. The molecule has 0 fully saturated rings. The molecule has 15 heteroatoms. The van der Waals surface area contributed by atoms with E-state index in [4.69, 9.17) is 23.2 Å². The van der Waals surface area contributed by atoms with Gasteiger partial charge in [0.2, 0.25) is 0 Å². The van der Waals surface area contributed by atoms with Crippen molar-refractivity contribution in [3.63, 3.8) is 0 Å². The van der Waals surface area contributed by atoms with Crippen LogP contribution in [0.1, 0.15) is 28.1 Å². The molecule has 0 aliphatic carbocycles. The van der Waals surface area contributed by atoms with Crippen molar-refractivity contribution in [2.45, 2.75) is 18.5 Å². The molecule has 0 amide bonds. The maximum Gasteiger partial charge on any atom is 0.416 e. The highest BCUT2D eigenvalue weighted by atomic mass is 35.5. The smallest absolute Gasteiger partial charge is 0.416 e. The number of hydrogen-bond acceptors (Lipinski definition) is 7. The third-order valence-electron chi connectivity index (χ3n) is 5.99. The van der Waals surface area contributed by atoms with Crippen molar-refractivity contribution in [3.05, 3.63) is 105 Å². The van der Waals surface area contributed by atoms with Crippen LogP contribution in [-0.4, -0.2) is 45.3 Å². The van der Waals surface area contributed by atoms with E-state index in [1.165, 1.54) is 36.4 Å². The summed E-state index contributed by atoms with van der Waals surface area (Å²) in [5.74, 6) is -0.517. The molecular weight excluding hydrogens is 579 g/mol. The van der Waals surface area contributed by atoms with E-state index in [-0.39, 0.29) is 49.9 Å². The minimum atomic E-state index is -4.88. The standard InChI is InChI=1S/C25H16Cl2F4N6O3/c26-16-1-3-20(38)18(8-16)36-11-22(32-34-36)24(40,14-5-13(10-28)6-15(7-14)25(29,30)31)23-12-37(35-33-23)19-9-17(27)2-4-21(19)39/h1-9,11-12,38-40H,10H2. The second kappa shape index (κ2) is 10.1. The van der Waals surface area contributed by atoms with Gasteiger partial charge in [-0.15, -0.1) is 10.2 Å². The van der Waals surface area contributed by atoms with Crippen LogP contribution in [0.15, 0.2) is 67.0 Å². The Balaban J connectivity index is 1.74. The minimum absolute atomic E-state index is 0.0505. The van der Waals surface area contributed by atoms with Crippen molar-refractivity contribution < 1.29 is 32.9 Å². The highest BCUT2D eigenvalue weighted by molar-refractivity contribution is 6.31. The Hall–Kier alpha value is -4.20. The second-order valence-electron chi connectivity index (χ2n) is 8.62. The number of rotatable bonds is 6. The summed E-state index contributed by atoms with van der Waals surface area (Å²) >= 11 is 12.0. The summed E-state index contributed by atoms with van der Waals surface area (Å²) in [5.41, 5.74) is -5.22. The fraction of sp³-hybridized carbons (Fsp3) is 0.120. The van der Waals surface area contributed by atoms with Gasteiger partial charge >= 0.3 is 6.18 Å². The Bertz CT molecular complexity index is 1630. The van der Waals surface area contributed by atoms with Gasteiger partial charge in [0.1, 0.15) is 40.9 Å². The van der Waals surface area contributed by atoms with Gasteiger partial charge in [0, 0.05) is 10.0 Å². The van der Waals surface area contributed by atoms with E-state index in [9.17, 15) is 32.9 Å². The van der Waals surface area contributed by atoms with Crippen LogP contribution in [0.5, 0.6) is 11.5 Å². The quantitative estimate of drug-likeness (QED) is 0.227. The summed E-state index contributed by atoms with van der Waals surface area (Å²) in [5, 5.41) is 48.8. The van der Waals surface area contributed by atoms with Crippen molar-refractivity contribution in [3.8, 4) is 22.9 Å². The minimum Gasteiger partial charge on any atom is -0.506 e. The lowest BCUT2D eigenvalue weighted by Gasteiger charge is -2.25. The zero-order chi connectivity index (χ0) is 28.8. The molecule has 5 rings (SSSR count). The van der Waals surface area contributed by atoms with E-state index >= 15 is 0 Å². The first kappa shape index (κ1) is 27.4. The third kappa shape index (κ3) is 4.94. The van der Waals surface area contributed by atoms with Gasteiger partial charge in [0.25, 0.3) is 0 Å². The third-order valence-corrected chi connectivity index (χ3v) is 6.46. The van der Waals surface area contributed by atoms with Crippen LogP contribution in [0.4, 0.5) is 17.6 Å².